The third-order valence-corrected chi connectivity index (χ3v) is 11.9. The van der Waals surface area contributed by atoms with E-state index < -0.39 is 23.9 Å². The fourth-order valence-corrected chi connectivity index (χ4v) is 8.82. The van der Waals surface area contributed by atoms with Gasteiger partial charge in [0.25, 0.3) is 5.92 Å². The van der Waals surface area contributed by atoms with Crippen LogP contribution in [0.2, 0.25) is 0 Å². The molecular formula is C59H126F5N7. The van der Waals surface area contributed by atoms with Gasteiger partial charge in [-0.1, -0.05) is 101 Å². The predicted molar refractivity (Wildman–Crippen MR) is 305 cm³/mol. The monoisotopic (exact) mass is 1030 g/mol. The van der Waals surface area contributed by atoms with Crippen LogP contribution in [-0.2, 0) is 0 Å². The lowest BCUT2D eigenvalue weighted by Crippen LogP contribution is -2.55. The summed E-state index contributed by atoms with van der Waals surface area (Å²) >= 11 is 0. The van der Waals surface area contributed by atoms with Crippen LogP contribution >= 0.6 is 0 Å². The van der Waals surface area contributed by atoms with Crippen LogP contribution in [0.15, 0.2) is 0 Å². The second-order valence-corrected chi connectivity index (χ2v) is 26.8. The zero-order valence-electron chi connectivity index (χ0n) is 51.3. The first-order chi connectivity index (χ1) is 32.4. The third kappa shape index (κ3) is 47.6. The van der Waals surface area contributed by atoms with E-state index in [1.807, 2.05) is 13.8 Å². The van der Waals surface area contributed by atoms with Gasteiger partial charge in [-0.05, 0) is 153 Å². The fourth-order valence-electron chi connectivity index (χ4n) is 8.82. The molecule has 3 heterocycles. The van der Waals surface area contributed by atoms with Crippen LogP contribution in [0.25, 0.3) is 0 Å². The molecule has 0 aromatic carbocycles. The zero-order valence-corrected chi connectivity index (χ0v) is 51.3. The largest absolute Gasteiger partial charge is 0.313 e. The summed E-state index contributed by atoms with van der Waals surface area (Å²) in [6.45, 7) is 52.5. The minimum atomic E-state index is -2.42. The minimum absolute atomic E-state index is 0.00694. The van der Waals surface area contributed by atoms with E-state index in [4.69, 9.17) is 0 Å². The van der Waals surface area contributed by atoms with E-state index in [1.54, 1.807) is 6.92 Å². The van der Waals surface area contributed by atoms with Crippen molar-refractivity contribution in [2.75, 3.05) is 39.3 Å². The normalized spacial score (nSPS) is 30.3. The molecule has 7 fully saturated rings. The lowest BCUT2D eigenvalue weighted by Gasteiger charge is -2.42. The lowest BCUT2D eigenvalue weighted by atomic mass is 9.78. The molecule has 7 rings (SSSR count). The molecule has 0 amide bonds. The molecule has 0 aromatic heterocycles. The molecule has 0 spiro atoms. The van der Waals surface area contributed by atoms with Gasteiger partial charge in [-0.2, -0.15) is 0 Å². The summed E-state index contributed by atoms with van der Waals surface area (Å²) in [6.07, 6.45) is 15.0. The van der Waals surface area contributed by atoms with Gasteiger partial charge in [0, 0.05) is 97.3 Å². The Hall–Kier alpha value is -0.630. The Labute approximate surface area is 440 Å². The third-order valence-electron chi connectivity index (χ3n) is 11.9. The molecule has 0 unspecified atom stereocenters. The highest BCUT2D eigenvalue weighted by molar-refractivity contribution is 4.97. The van der Waals surface area contributed by atoms with Crippen molar-refractivity contribution >= 4 is 0 Å². The Kier molecular flexibility index (Phi) is 39.9. The molecule has 7 aliphatic rings. The Bertz CT molecular complexity index is 1130. The van der Waals surface area contributed by atoms with Gasteiger partial charge in [-0.25, -0.2) is 22.0 Å². The highest BCUT2D eigenvalue weighted by atomic mass is 19.3. The summed E-state index contributed by atoms with van der Waals surface area (Å²) in [5.41, 5.74) is 0.161. The van der Waals surface area contributed by atoms with Crippen LogP contribution in [-0.4, -0.2) is 110 Å². The second kappa shape index (κ2) is 38.0. The standard InChI is InChI=1S/C9H18FN.3C9H19N.2C5H10FN.C4H7F2N.3C3H8/c1-8(2,3)11-7-5-9(4,10)6-7;2*1-7-5-8(6-7)10-9(2,3)4;1-9(2,3)10-8-6-4-5-7-8;2*1-4-2-7-3-5(4)6;5-4(6)1-2-7-3-4;3*1-3-2/h7,11H,5-6H2,1-4H3;2*7-8,10H,5-6H2,1-4H3;8,10H,4-7H2,1-3H3;2*4-5,7H,2-3H2,1H3;7H,1-3H2;3*3H2,1-2H3/t;;;;4-,5+;4-,5-;;;;/m....01..../s1. The SMILES string of the molecule is CC(C)(C)NC1CCCC1.CC1(F)CC(NC(C)(C)C)C1.CC1CC(NC(C)(C)C)C1.CC1CC(NC(C)(C)C)C1.CCC.CCC.CCC.C[C@@H]1CNC[C@H]1F.C[C@H]1CNC[C@H]1F.FC1(F)CCNC1. The van der Waals surface area contributed by atoms with Crippen molar-refractivity contribution in [1.82, 2.24) is 37.2 Å². The van der Waals surface area contributed by atoms with Crippen LogP contribution in [0.1, 0.15) is 249 Å². The number of alkyl halides is 5. The maximum absolute atomic E-state index is 13.0. The summed E-state index contributed by atoms with van der Waals surface area (Å²) in [6, 6.07) is 2.80. The van der Waals surface area contributed by atoms with Crippen LogP contribution in [0, 0.1) is 23.7 Å². The number of nitrogens with one attached hydrogen (secondary N) is 7. The van der Waals surface area contributed by atoms with Crippen molar-refractivity contribution < 1.29 is 22.0 Å². The molecule has 432 valence electrons. The Balaban J connectivity index is -0.000000742. The molecule has 7 N–H and O–H groups in total. The molecule has 0 radical (unpaired) electrons. The van der Waals surface area contributed by atoms with Gasteiger partial charge < -0.3 is 37.2 Å². The number of hydrogen-bond donors (Lipinski definition) is 7. The topological polar surface area (TPSA) is 84.2 Å². The fraction of sp³-hybridized carbons (Fsp3) is 1.00. The summed E-state index contributed by atoms with van der Waals surface area (Å²) in [5.74, 6) is -0.0281. The molecule has 3 aliphatic heterocycles. The van der Waals surface area contributed by atoms with Crippen molar-refractivity contribution in [2.24, 2.45) is 23.7 Å². The van der Waals surface area contributed by atoms with Crippen LogP contribution in [0.4, 0.5) is 22.0 Å². The van der Waals surface area contributed by atoms with Gasteiger partial charge in [-0.15, -0.1) is 0 Å². The van der Waals surface area contributed by atoms with Gasteiger partial charge in [0.05, 0.1) is 6.54 Å². The Morgan fingerprint density at radius 2 is 0.761 bits per heavy atom. The van der Waals surface area contributed by atoms with Crippen LogP contribution in [0.3, 0.4) is 0 Å². The Morgan fingerprint density at radius 1 is 0.465 bits per heavy atom. The maximum atomic E-state index is 13.0. The first-order valence-corrected chi connectivity index (χ1v) is 28.9. The van der Waals surface area contributed by atoms with Gasteiger partial charge in [0.1, 0.15) is 18.0 Å². The first kappa shape index (κ1) is 74.6. The molecule has 4 saturated carbocycles. The van der Waals surface area contributed by atoms with Crippen LogP contribution in [0.5, 0.6) is 0 Å². The van der Waals surface area contributed by atoms with E-state index in [0.29, 0.717) is 55.1 Å². The average Bonchev–Trinajstić information content (AvgIpc) is 3.98. The molecule has 3 saturated heterocycles. The average molecular weight is 1030 g/mol. The predicted octanol–water partition coefficient (Wildman–Crippen LogP) is 14.9. The van der Waals surface area contributed by atoms with Crippen molar-refractivity contribution in [1.29, 1.82) is 0 Å². The van der Waals surface area contributed by atoms with Gasteiger partial charge in [0.15, 0.2) is 0 Å². The van der Waals surface area contributed by atoms with E-state index in [0.717, 1.165) is 43.1 Å². The molecule has 7 nitrogen and oxygen atoms in total. The summed E-state index contributed by atoms with van der Waals surface area (Å²) in [5, 5.41) is 22.6. The highest BCUT2D eigenvalue weighted by Gasteiger charge is 2.41. The van der Waals surface area contributed by atoms with E-state index in [1.165, 1.54) is 70.6 Å². The summed E-state index contributed by atoms with van der Waals surface area (Å²) in [4.78, 5) is 0. The minimum Gasteiger partial charge on any atom is -0.313 e. The van der Waals surface area contributed by atoms with Crippen molar-refractivity contribution in [3.8, 4) is 0 Å². The first-order valence-electron chi connectivity index (χ1n) is 28.9. The van der Waals surface area contributed by atoms with E-state index in [2.05, 4.69) is 176 Å². The van der Waals surface area contributed by atoms with Gasteiger partial charge in [0.2, 0.25) is 0 Å². The van der Waals surface area contributed by atoms with Gasteiger partial charge >= 0.3 is 0 Å². The maximum Gasteiger partial charge on any atom is 0.261 e. The quantitative estimate of drug-likeness (QED) is 0.141. The molecule has 0 aromatic rings. The Morgan fingerprint density at radius 3 is 0.930 bits per heavy atom. The zero-order chi connectivity index (χ0) is 55.9. The smallest absolute Gasteiger partial charge is 0.261 e. The van der Waals surface area contributed by atoms with Gasteiger partial charge in [-0.3, -0.25) is 0 Å². The lowest BCUT2D eigenvalue weighted by molar-refractivity contribution is 0.0237. The van der Waals surface area contributed by atoms with E-state index >= 15 is 0 Å². The molecule has 12 heteroatoms. The number of rotatable bonds is 4. The molecule has 4 aliphatic carbocycles. The molecule has 4 atom stereocenters. The number of hydrogen-bond acceptors (Lipinski definition) is 7. The van der Waals surface area contributed by atoms with Crippen LogP contribution < -0.4 is 37.2 Å². The second-order valence-electron chi connectivity index (χ2n) is 26.8. The van der Waals surface area contributed by atoms with Crippen molar-refractivity contribution in [3.63, 3.8) is 0 Å². The summed E-state index contributed by atoms with van der Waals surface area (Å²) in [7, 11) is 0. The molecule has 0 bridgehead atoms. The van der Waals surface area contributed by atoms with Crippen molar-refractivity contribution in [3.05, 3.63) is 0 Å². The van der Waals surface area contributed by atoms with E-state index in [9.17, 15) is 22.0 Å². The highest BCUT2D eigenvalue weighted by Crippen LogP contribution is 2.36. The van der Waals surface area contributed by atoms with Crippen molar-refractivity contribution in [2.45, 2.75) is 319 Å². The number of halogens is 5. The summed E-state index contributed by atoms with van der Waals surface area (Å²) < 4.78 is 61.3. The molecule has 71 heavy (non-hydrogen) atoms. The van der Waals surface area contributed by atoms with E-state index in [-0.39, 0.29) is 30.3 Å². The molecular weight excluding hydrogens is 902 g/mol.